The minimum absolute atomic E-state index is 0.1000. The Labute approximate surface area is 173 Å². The van der Waals surface area contributed by atoms with Crippen molar-refractivity contribution in [1.29, 1.82) is 0 Å². The highest BCUT2D eigenvalue weighted by Crippen LogP contribution is 2.30. The molecule has 0 bridgehead atoms. The molecule has 0 saturated heterocycles. The van der Waals surface area contributed by atoms with E-state index < -0.39 is 10.0 Å². The summed E-state index contributed by atoms with van der Waals surface area (Å²) >= 11 is 0. The Bertz CT molecular complexity index is 1070. The minimum atomic E-state index is -3.55. The Morgan fingerprint density at radius 2 is 1.79 bits per heavy atom. The lowest BCUT2D eigenvalue weighted by molar-refractivity contribution is 0.0127. The fraction of sp³-hybridized carbons (Fsp3) is 0.478. The highest BCUT2D eigenvalue weighted by molar-refractivity contribution is 7.89. The van der Waals surface area contributed by atoms with Gasteiger partial charge < -0.3 is 9.15 Å². The van der Waals surface area contributed by atoms with Crippen LogP contribution in [0.5, 0.6) is 0 Å². The first-order valence-electron chi connectivity index (χ1n) is 10.2. The molecule has 6 heteroatoms. The van der Waals surface area contributed by atoms with Crippen LogP contribution in [0.2, 0.25) is 0 Å². The third-order valence-corrected chi connectivity index (χ3v) is 7.07. The van der Waals surface area contributed by atoms with E-state index in [-0.39, 0.29) is 10.5 Å². The summed E-state index contributed by atoms with van der Waals surface area (Å²) in [5.41, 5.74) is 1.35. The van der Waals surface area contributed by atoms with Crippen LogP contribution in [0.15, 0.2) is 51.8 Å². The lowest BCUT2D eigenvalue weighted by atomic mass is 9.95. The predicted molar refractivity (Wildman–Crippen MR) is 118 cm³/mol. The van der Waals surface area contributed by atoms with E-state index in [9.17, 15) is 8.42 Å². The number of benzene rings is 2. The second-order valence-corrected chi connectivity index (χ2v) is 10.2. The van der Waals surface area contributed by atoms with Crippen molar-refractivity contribution in [1.82, 2.24) is 4.72 Å². The van der Waals surface area contributed by atoms with Crippen molar-refractivity contribution in [3.63, 3.8) is 0 Å². The van der Waals surface area contributed by atoms with Gasteiger partial charge in [-0.15, -0.1) is 0 Å². The van der Waals surface area contributed by atoms with Crippen LogP contribution in [0.4, 0.5) is 0 Å². The van der Waals surface area contributed by atoms with E-state index in [4.69, 9.17) is 9.15 Å². The Balaban J connectivity index is 1.59. The Morgan fingerprint density at radius 3 is 2.55 bits per heavy atom. The zero-order valence-corrected chi connectivity index (χ0v) is 18.5. The van der Waals surface area contributed by atoms with Crippen LogP contribution in [0, 0.1) is 5.92 Å². The van der Waals surface area contributed by atoms with E-state index in [1.54, 1.807) is 25.3 Å². The van der Waals surface area contributed by atoms with Gasteiger partial charge in [0.1, 0.15) is 11.2 Å². The summed E-state index contributed by atoms with van der Waals surface area (Å²) in [5, 5.41) is 1.74. The van der Waals surface area contributed by atoms with Crippen LogP contribution in [0.25, 0.3) is 21.9 Å². The number of sulfonamides is 1. The van der Waals surface area contributed by atoms with Crippen LogP contribution < -0.4 is 4.72 Å². The first-order valence-corrected chi connectivity index (χ1v) is 11.7. The summed E-state index contributed by atoms with van der Waals surface area (Å²) in [6.45, 7) is 6.77. The van der Waals surface area contributed by atoms with Gasteiger partial charge in [0.15, 0.2) is 0 Å². The monoisotopic (exact) mass is 417 g/mol. The summed E-state index contributed by atoms with van der Waals surface area (Å²) in [7, 11) is -1.82. The maximum Gasteiger partial charge on any atom is 0.240 e. The molecule has 3 aromatic rings. The first kappa shape index (κ1) is 21.8. The van der Waals surface area contributed by atoms with Crippen molar-refractivity contribution in [2.45, 2.75) is 57.0 Å². The molecule has 1 N–H and O–H groups in total. The third kappa shape index (κ3) is 5.38. The number of hydrogen-bond acceptors (Lipinski definition) is 4. The molecule has 0 aliphatic carbocycles. The molecule has 0 aliphatic rings. The number of hydrogen-bond donors (Lipinski definition) is 1. The maximum atomic E-state index is 12.7. The lowest BCUT2D eigenvalue weighted by Gasteiger charge is -2.23. The van der Waals surface area contributed by atoms with Crippen LogP contribution in [-0.2, 0) is 14.8 Å². The van der Waals surface area contributed by atoms with Crippen LogP contribution in [0.1, 0.15) is 46.5 Å². The fourth-order valence-electron chi connectivity index (χ4n) is 3.52. The molecule has 29 heavy (non-hydrogen) atoms. The largest absolute Gasteiger partial charge is 0.456 e. The van der Waals surface area contributed by atoms with Gasteiger partial charge in [-0.2, -0.15) is 0 Å². The number of rotatable bonds is 10. The van der Waals surface area contributed by atoms with Gasteiger partial charge in [0.2, 0.25) is 10.0 Å². The molecule has 0 fully saturated rings. The van der Waals surface area contributed by atoms with E-state index in [2.05, 4.69) is 25.5 Å². The van der Waals surface area contributed by atoms with Crippen molar-refractivity contribution >= 4 is 32.0 Å². The summed E-state index contributed by atoms with van der Waals surface area (Å²) in [5.74, 6) is 0.450. The molecule has 0 aliphatic heterocycles. The maximum absolute atomic E-state index is 12.7. The first-order chi connectivity index (χ1) is 13.7. The topological polar surface area (TPSA) is 68.5 Å². The molecular weight excluding hydrogens is 386 g/mol. The Kier molecular flexibility index (Phi) is 6.66. The summed E-state index contributed by atoms with van der Waals surface area (Å²) in [6.07, 6.45) is 3.93. The highest BCUT2D eigenvalue weighted by Gasteiger charge is 2.18. The summed E-state index contributed by atoms with van der Waals surface area (Å²) in [6, 6.07) is 12.7. The molecule has 3 rings (SSSR count). The van der Waals surface area contributed by atoms with Crippen molar-refractivity contribution < 1.29 is 17.6 Å². The number of nitrogens with one attached hydrogen (secondary N) is 1. The molecular formula is C23H31NO4S. The highest BCUT2D eigenvalue weighted by atomic mass is 32.2. The van der Waals surface area contributed by atoms with Gasteiger partial charge in [-0.3, -0.25) is 0 Å². The second kappa shape index (κ2) is 8.86. The van der Waals surface area contributed by atoms with Gasteiger partial charge in [-0.1, -0.05) is 38.0 Å². The number of furan rings is 1. The summed E-state index contributed by atoms with van der Waals surface area (Å²) in [4.78, 5) is 0.269. The lowest BCUT2D eigenvalue weighted by Crippen LogP contribution is -2.26. The third-order valence-electron chi connectivity index (χ3n) is 5.62. The van der Waals surface area contributed by atoms with Crippen LogP contribution in [0.3, 0.4) is 0 Å². The molecule has 158 valence electrons. The molecule has 5 nitrogen and oxygen atoms in total. The van der Waals surface area contributed by atoms with E-state index in [0.717, 1.165) is 42.0 Å². The minimum Gasteiger partial charge on any atom is -0.456 e. The number of fused-ring (bicyclic) bond motifs is 3. The van der Waals surface area contributed by atoms with E-state index >= 15 is 0 Å². The molecule has 0 spiro atoms. The average Bonchev–Trinajstić information content (AvgIpc) is 3.05. The van der Waals surface area contributed by atoms with Crippen molar-refractivity contribution in [2.24, 2.45) is 5.92 Å². The quantitative estimate of drug-likeness (QED) is 0.474. The molecule has 2 aromatic carbocycles. The summed E-state index contributed by atoms with van der Waals surface area (Å²) < 4.78 is 39.5. The van der Waals surface area contributed by atoms with Crippen molar-refractivity contribution in [3.8, 4) is 0 Å². The number of para-hydroxylation sites is 1. The van der Waals surface area contributed by atoms with Crippen molar-refractivity contribution in [3.05, 3.63) is 42.5 Å². The van der Waals surface area contributed by atoms with Crippen LogP contribution in [-0.4, -0.2) is 27.7 Å². The van der Waals surface area contributed by atoms with Crippen molar-refractivity contribution in [2.75, 3.05) is 13.7 Å². The van der Waals surface area contributed by atoms with Gasteiger partial charge in [0, 0.05) is 24.4 Å². The van der Waals surface area contributed by atoms with E-state index in [0.29, 0.717) is 18.0 Å². The normalized spacial score (nSPS) is 13.9. The molecule has 0 radical (unpaired) electrons. The van der Waals surface area contributed by atoms with E-state index in [1.807, 2.05) is 24.3 Å². The average molecular weight is 418 g/mol. The van der Waals surface area contributed by atoms with Gasteiger partial charge >= 0.3 is 0 Å². The zero-order valence-electron chi connectivity index (χ0n) is 17.7. The standard InChI is InChI=1S/C23H31NO4S/c1-17(8-7-14-23(2,3)27-4)13-15-24-29(25,26)18-11-12-22-20(16-18)19-9-5-6-10-21(19)28-22/h5-6,9-12,16-17,24H,7-8,13-15H2,1-4H3/t17-/m1/s1. The second-order valence-electron chi connectivity index (χ2n) is 8.40. The molecule has 0 amide bonds. The van der Waals surface area contributed by atoms with Gasteiger partial charge in [0.05, 0.1) is 10.5 Å². The number of ether oxygens (including phenoxy) is 1. The molecule has 1 atom stereocenters. The molecule has 1 heterocycles. The molecule has 1 aromatic heterocycles. The van der Waals surface area contributed by atoms with Gasteiger partial charge in [0.25, 0.3) is 0 Å². The Morgan fingerprint density at radius 1 is 1.07 bits per heavy atom. The van der Waals surface area contributed by atoms with Crippen LogP contribution >= 0.6 is 0 Å². The van der Waals surface area contributed by atoms with Gasteiger partial charge in [-0.25, -0.2) is 13.1 Å². The predicted octanol–water partition coefficient (Wildman–Crippen LogP) is 5.49. The SMILES string of the molecule is COC(C)(C)CCC[C@@H](C)CCNS(=O)(=O)c1ccc2oc3ccccc3c2c1. The Hall–Kier alpha value is -1.89. The number of methoxy groups -OCH3 is 1. The molecule has 0 saturated carbocycles. The molecule has 0 unspecified atom stereocenters. The fourth-order valence-corrected chi connectivity index (χ4v) is 4.59. The zero-order chi connectivity index (χ0) is 21.1. The van der Waals surface area contributed by atoms with Gasteiger partial charge in [-0.05, 0) is 56.9 Å². The smallest absolute Gasteiger partial charge is 0.240 e. The van der Waals surface area contributed by atoms with E-state index in [1.165, 1.54) is 0 Å².